The highest BCUT2D eigenvalue weighted by Crippen LogP contribution is 2.22. The minimum absolute atomic E-state index is 0.0263. The number of piperazine rings is 1. The summed E-state index contributed by atoms with van der Waals surface area (Å²) in [5.41, 5.74) is 0.160. The summed E-state index contributed by atoms with van der Waals surface area (Å²) in [6, 6.07) is 0. The number of hydrogen-bond acceptors (Lipinski definition) is 7. The van der Waals surface area contributed by atoms with Crippen LogP contribution in [-0.2, 0) is 29.7 Å². The molecule has 2 N–H and O–H groups in total. The van der Waals surface area contributed by atoms with E-state index in [1.165, 1.54) is 7.05 Å². The number of alkyl halides is 3. The Bertz CT molecular complexity index is 1240. The van der Waals surface area contributed by atoms with Crippen LogP contribution in [0.3, 0.4) is 0 Å². The Hall–Kier alpha value is -3.31. The van der Waals surface area contributed by atoms with Gasteiger partial charge in [-0.05, 0) is 19.8 Å². The highest BCUT2D eigenvalue weighted by molar-refractivity contribution is 5.75. The van der Waals surface area contributed by atoms with Crippen molar-refractivity contribution < 1.29 is 27.8 Å². The Balaban J connectivity index is 0.000000429. The molecule has 0 aliphatic carbocycles. The van der Waals surface area contributed by atoms with Crippen molar-refractivity contribution in [3.05, 3.63) is 20.8 Å². The molecule has 0 spiro atoms. The molecule has 1 atom stereocenters. The molecule has 4 rings (SSSR count). The molecule has 14 heteroatoms. The molecule has 2 aromatic rings. The number of carbonyl (C=O) groups is 1. The molecule has 2 aromatic heterocycles. The third-order valence-electron chi connectivity index (χ3n) is 5.68. The molecule has 2 saturated heterocycles. The lowest BCUT2D eigenvalue weighted by atomic mass is 10.2. The maximum absolute atomic E-state index is 13.0. The summed E-state index contributed by atoms with van der Waals surface area (Å²) in [5.74, 6) is 3.88. The fraction of sp³-hybridized carbons (Fsp3) is 0.619. The van der Waals surface area contributed by atoms with Crippen LogP contribution in [0.25, 0.3) is 11.2 Å². The van der Waals surface area contributed by atoms with Crippen LogP contribution in [0.5, 0.6) is 0 Å². The largest absolute Gasteiger partial charge is 0.490 e. The SMILES string of the molecule is CC#CCn1c(N2CCNCC2)nc2c1c(=O)n(C)c(=O)n2CC1CCCO1.O=C(O)C(F)(F)F. The lowest BCUT2D eigenvalue weighted by Crippen LogP contribution is -2.44. The molecule has 0 saturated carbocycles. The highest BCUT2D eigenvalue weighted by Gasteiger charge is 2.38. The molecular formula is C21H27F3N6O5. The molecule has 0 aromatic carbocycles. The number of halogens is 3. The first-order valence-electron chi connectivity index (χ1n) is 11.0. The number of imidazole rings is 1. The van der Waals surface area contributed by atoms with Gasteiger partial charge in [-0.3, -0.25) is 18.5 Å². The number of anilines is 1. The third kappa shape index (κ3) is 5.85. The molecule has 2 aliphatic rings. The molecule has 11 nitrogen and oxygen atoms in total. The van der Waals surface area contributed by atoms with Gasteiger partial charge in [0.2, 0.25) is 5.95 Å². The normalized spacial score (nSPS) is 18.1. The molecule has 2 fully saturated rings. The van der Waals surface area contributed by atoms with Gasteiger partial charge in [-0.2, -0.15) is 18.2 Å². The predicted molar refractivity (Wildman–Crippen MR) is 120 cm³/mol. The van der Waals surface area contributed by atoms with Gasteiger partial charge in [-0.25, -0.2) is 9.59 Å². The zero-order valence-electron chi connectivity index (χ0n) is 19.4. The minimum atomic E-state index is -5.08. The first-order chi connectivity index (χ1) is 16.6. The van der Waals surface area contributed by atoms with Crippen LogP contribution in [-0.4, -0.2) is 74.8 Å². The van der Waals surface area contributed by atoms with Crippen molar-refractivity contribution in [2.24, 2.45) is 7.05 Å². The van der Waals surface area contributed by atoms with Gasteiger partial charge in [0.15, 0.2) is 11.2 Å². The Morgan fingerprint density at radius 3 is 2.46 bits per heavy atom. The molecule has 0 bridgehead atoms. The van der Waals surface area contributed by atoms with Crippen molar-refractivity contribution in [2.75, 3.05) is 37.7 Å². The first-order valence-corrected chi connectivity index (χ1v) is 11.0. The zero-order chi connectivity index (χ0) is 25.8. The van der Waals surface area contributed by atoms with Gasteiger partial charge < -0.3 is 20.1 Å². The fourth-order valence-electron chi connectivity index (χ4n) is 3.92. The van der Waals surface area contributed by atoms with Crippen molar-refractivity contribution in [3.63, 3.8) is 0 Å². The maximum Gasteiger partial charge on any atom is 0.490 e. The van der Waals surface area contributed by atoms with E-state index in [0.717, 1.165) is 43.6 Å². The number of nitrogens with zero attached hydrogens (tertiary/aromatic N) is 5. The van der Waals surface area contributed by atoms with Crippen molar-refractivity contribution in [3.8, 4) is 11.8 Å². The summed E-state index contributed by atoms with van der Waals surface area (Å²) < 4.78 is 42.1. The standard InChI is InChI=1S/C19H26N6O3.C2HF3O2/c1-3-4-9-24-15-16(21-18(24)23-10-7-20-8-11-23)25(13-14-6-5-12-28-14)19(27)22(2)17(15)26;3-2(4,5)1(6)7/h14,20H,5-13H2,1-2H3;(H,6,7). The van der Waals surface area contributed by atoms with E-state index < -0.39 is 12.1 Å². The van der Waals surface area contributed by atoms with Crippen LogP contribution < -0.4 is 21.5 Å². The molecule has 0 amide bonds. The quantitative estimate of drug-likeness (QED) is 0.569. The number of nitrogens with one attached hydrogen (secondary N) is 1. The summed E-state index contributed by atoms with van der Waals surface area (Å²) in [4.78, 5) is 41.7. The monoisotopic (exact) mass is 500 g/mol. The predicted octanol–water partition coefficient (Wildman–Crippen LogP) is 0.142. The van der Waals surface area contributed by atoms with Crippen molar-refractivity contribution >= 4 is 23.1 Å². The fourth-order valence-corrected chi connectivity index (χ4v) is 3.92. The second-order valence-electron chi connectivity index (χ2n) is 8.03. The second-order valence-corrected chi connectivity index (χ2v) is 8.03. The van der Waals surface area contributed by atoms with Gasteiger partial charge in [0.25, 0.3) is 5.56 Å². The smallest absolute Gasteiger partial charge is 0.475 e. The van der Waals surface area contributed by atoms with Crippen LogP contribution in [0, 0.1) is 11.8 Å². The van der Waals surface area contributed by atoms with E-state index in [4.69, 9.17) is 19.6 Å². The second kappa shape index (κ2) is 11.0. The molecule has 2 aliphatic heterocycles. The summed E-state index contributed by atoms with van der Waals surface area (Å²) in [7, 11) is 1.52. The van der Waals surface area contributed by atoms with E-state index in [-0.39, 0.29) is 17.4 Å². The molecule has 35 heavy (non-hydrogen) atoms. The van der Waals surface area contributed by atoms with E-state index in [9.17, 15) is 22.8 Å². The lowest BCUT2D eigenvalue weighted by molar-refractivity contribution is -0.192. The summed E-state index contributed by atoms with van der Waals surface area (Å²) in [6.45, 7) is 6.53. The number of fused-ring (bicyclic) bond motifs is 1. The van der Waals surface area contributed by atoms with Crippen LogP contribution in [0.4, 0.5) is 19.1 Å². The lowest BCUT2D eigenvalue weighted by Gasteiger charge is -2.28. The third-order valence-corrected chi connectivity index (χ3v) is 5.68. The molecule has 192 valence electrons. The summed E-state index contributed by atoms with van der Waals surface area (Å²) in [6.07, 6.45) is -3.22. The van der Waals surface area contributed by atoms with Crippen LogP contribution in [0.1, 0.15) is 19.8 Å². The van der Waals surface area contributed by atoms with E-state index in [1.807, 2.05) is 4.57 Å². The van der Waals surface area contributed by atoms with E-state index in [2.05, 4.69) is 22.1 Å². The molecule has 4 heterocycles. The van der Waals surface area contributed by atoms with Gasteiger partial charge in [-0.15, -0.1) is 5.92 Å². The van der Waals surface area contributed by atoms with Gasteiger partial charge in [0.05, 0.1) is 19.2 Å². The van der Waals surface area contributed by atoms with Gasteiger partial charge in [0.1, 0.15) is 0 Å². The van der Waals surface area contributed by atoms with Crippen molar-refractivity contribution in [1.82, 2.24) is 24.0 Å². The Labute approximate surface area is 198 Å². The minimum Gasteiger partial charge on any atom is -0.475 e. The molecule has 1 unspecified atom stereocenters. The number of carboxylic acid groups (broad SMARTS) is 1. The maximum atomic E-state index is 13.0. The number of aliphatic carboxylic acids is 1. The number of aromatic nitrogens is 4. The summed E-state index contributed by atoms with van der Waals surface area (Å²) in [5, 5.41) is 10.5. The van der Waals surface area contributed by atoms with Gasteiger partial charge >= 0.3 is 17.8 Å². The average molecular weight is 500 g/mol. The van der Waals surface area contributed by atoms with E-state index in [1.54, 1.807) is 11.5 Å². The van der Waals surface area contributed by atoms with Gasteiger partial charge in [0, 0.05) is 39.8 Å². The van der Waals surface area contributed by atoms with Crippen LogP contribution >= 0.6 is 0 Å². The van der Waals surface area contributed by atoms with Crippen LogP contribution in [0.15, 0.2) is 9.59 Å². The van der Waals surface area contributed by atoms with Crippen LogP contribution in [0.2, 0.25) is 0 Å². The van der Waals surface area contributed by atoms with E-state index >= 15 is 0 Å². The molecule has 0 radical (unpaired) electrons. The molecular weight excluding hydrogens is 473 g/mol. The highest BCUT2D eigenvalue weighted by atomic mass is 19.4. The number of hydrogen-bond donors (Lipinski definition) is 2. The number of ether oxygens (including phenoxy) is 1. The topological polar surface area (TPSA) is 124 Å². The first kappa shape index (κ1) is 26.3. The Morgan fingerprint density at radius 2 is 1.91 bits per heavy atom. The Morgan fingerprint density at radius 1 is 1.26 bits per heavy atom. The summed E-state index contributed by atoms with van der Waals surface area (Å²) >= 11 is 0. The Kier molecular flexibility index (Phi) is 8.23. The average Bonchev–Trinajstić information content (AvgIpc) is 3.47. The van der Waals surface area contributed by atoms with E-state index in [0.29, 0.717) is 36.8 Å². The number of rotatable bonds is 4. The van der Waals surface area contributed by atoms with Crippen molar-refractivity contribution in [1.29, 1.82) is 0 Å². The van der Waals surface area contributed by atoms with Gasteiger partial charge in [-0.1, -0.05) is 5.92 Å². The number of carboxylic acids is 1. The zero-order valence-corrected chi connectivity index (χ0v) is 19.4. The van der Waals surface area contributed by atoms with Crippen molar-refractivity contribution in [2.45, 2.75) is 45.1 Å².